The van der Waals surface area contributed by atoms with Gasteiger partial charge >= 0.3 is 0 Å². The number of hydrogen-bond acceptors (Lipinski definition) is 1. The predicted molar refractivity (Wildman–Crippen MR) is 67.8 cm³/mol. The molecule has 0 aliphatic rings. The first kappa shape index (κ1) is 12.4. The molecule has 0 spiro atoms. The van der Waals surface area contributed by atoms with E-state index in [-0.39, 0.29) is 6.61 Å². The molecule has 88 valence electrons. The topological polar surface area (TPSA) is 20.2 Å². The Hall–Kier alpha value is -1.09. The number of rotatable bonds is 2. The first-order valence-corrected chi connectivity index (χ1v) is 5.71. The third-order valence-electron chi connectivity index (χ3n) is 2.34. The first-order valence-electron chi connectivity index (χ1n) is 4.95. The summed E-state index contributed by atoms with van der Waals surface area (Å²) >= 11 is 11.8. The Bertz CT molecular complexity index is 535. The molecule has 2 aromatic carbocycles. The molecule has 0 unspecified atom stereocenters. The Morgan fingerprint density at radius 3 is 2.06 bits per heavy atom. The van der Waals surface area contributed by atoms with Crippen LogP contribution in [0, 0.1) is 5.82 Å². The average molecular weight is 271 g/mol. The number of halogens is 3. The van der Waals surface area contributed by atoms with Crippen LogP contribution in [-0.2, 0) is 6.61 Å². The summed E-state index contributed by atoms with van der Waals surface area (Å²) in [6.07, 6.45) is 0. The van der Waals surface area contributed by atoms with Crippen LogP contribution < -0.4 is 0 Å². The molecule has 2 aromatic rings. The van der Waals surface area contributed by atoms with Gasteiger partial charge in [-0.3, -0.25) is 0 Å². The van der Waals surface area contributed by atoms with Gasteiger partial charge < -0.3 is 5.11 Å². The van der Waals surface area contributed by atoms with Crippen LogP contribution in [0.3, 0.4) is 0 Å². The second-order valence-electron chi connectivity index (χ2n) is 3.66. The van der Waals surface area contributed by atoms with Gasteiger partial charge in [0, 0.05) is 10.0 Å². The van der Waals surface area contributed by atoms with E-state index in [0.29, 0.717) is 21.2 Å². The zero-order valence-electron chi connectivity index (χ0n) is 8.75. The van der Waals surface area contributed by atoms with Crippen LogP contribution in [0.1, 0.15) is 5.56 Å². The van der Waals surface area contributed by atoms with Gasteiger partial charge in [-0.15, -0.1) is 0 Å². The minimum atomic E-state index is -0.400. The Morgan fingerprint density at radius 1 is 0.882 bits per heavy atom. The Kier molecular flexibility index (Phi) is 3.67. The summed E-state index contributed by atoms with van der Waals surface area (Å²) in [7, 11) is 0. The molecule has 0 saturated carbocycles. The van der Waals surface area contributed by atoms with Crippen molar-refractivity contribution in [1.29, 1.82) is 0 Å². The largest absolute Gasteiger partial charge is 0.392 e. The highest BCUT2D eigenvalue weighted by molar-refractivity contribution is 6.35. The number of aliphatic hydroxyl groups is 1. The van der Waals surface area contributed by atoms with Crippen LogP contribution in [0.5, 0.6) is 0 Å². The van der Waals surface area contributed by atoms with E-state index in [1.54, 1.807) is 24.3 Å². The van der Waals surface area contributed by atoms with Gasteiger partial charge in [0.2, 0.25) is 0 Å². The monoisotopic (exact) mass is 270 g/mol. The van der Waals surface area contributed by atoms with Crippen molar-refractivity contribution in [3.05, 3.63) is 57.8 Å². The van der Waals surface area contributed by atoms with Crippen molar-refractivity contribution in [3.63, 3.8) is 0 Å². The lowest BCUT2D eigenvalue weighted by molar-refractivity contribution is 0.281. The third kappa shape index (κ3) is 2.97. The van der Waals surface area contributed by atoms with Crippen LogP contribution in [0.4, 0.5) is 4.39 Å². The van der Waals surface area contributed by atoms with Crippen LogP contribution in [-0.4, -0.2) is 5.11 Å². The van der Waals surface area contributed by atoms with Crippen molar-refractivity contribution in [2.45, 2.75) is 6.61 Å². The molecule has 0 atom stereocenters. The van der Waals surface area contributed by atoms with Crippen molar-refractivity contribution < 1.29 is 9.50 Å². The normalized spacial score (nSPS) is 10.6. The highest BCUT2D eigenvalue weighted by atomic mass is 35.5. The molecule has 4 heteroatoms. The maximum absolute atomic E-state index is 13.3. The highest BCUT2D eigenvalue weighted by Gasteiger charge is 2.05. The standard InChI is InChI=1S/C13H9Cl2FO/c14-11-3-10(4-12(15)6-11)9-1-8(7-17)2-13(16)5-9/h1-6,17H,7H2. The second-order valence-corrected chi connectivity index (χ2v) is 4.54. The predicted octanol–water partition coefficient (Wildman–Crippen LogP) is 4.29. The van der Waals surface area contributed by atoms with Gasteiger partial charge in [-0.1, -0.05) is 23.2 Å². The van der Waals surface area contributed by atoms with E-state index in [4.69, 9.17) is 28.3 Å². The first-order chi connectivity index (χ1) is 8.08. The van der Waals surface area contributed by atoms with E-state index in [0.717, 1.165) is 5.56 Å². The lowest BCUT2D eigenvalue weighted by Crippen LogP contribution is -1.88. The molecule has 2 rings (SSSR count). The van der Waals surface area contributed by atoms with E-state index in [1.165, 1.54) is 12.1 Å². The van der Waals surface area contributed by atoms with Crippen molar-refractivity contribution in [3.8, 4) is 11.1 Å². The Balaban J connectivity index is 2.55. The molecule has 0 bridgehead atoms. The minimum absolute atomic E-state index is 0.209. The van der Waals surface area contributed by atoms with Crippen molar-refractivity contribution >= 4 is 23.2 Å². The second kappa shape index (κ2) is 5.05. The molecular weight excluding hydrogens is 262 g/mol. The van der Waals surface area contributed by atoms with E-state index in [9.17, 15) is 4.39 Å². The van der Waals surface area contributed by atoms with E-state index >= 15 is 0 Å². The van der Waals surface area contributed by atoms with E-state index in [1.807, 2.05) is 0 Å². The summed E-state index contributed by atoms with van der Waals surface area (Å²) in [6.45, 7) is -0.209. The van der Waals surface area contributed by atoms with Crippen LogP contribution in [0.25, 0.3) is 11.1 Å². The van der Waals surface area contributed by atoms with Gasteiger partial charge in [0.15, 0.2) is 0 Å². The van der Waals surface area contributed by atoms with Gasteiger partial charge in [-0.05, 0) is 53.1 Å². The van der Waals surface area contributed by atoms with Gasteiger partial charge in [-0.2, -0.15) is 0 Å². The highest BCUT2D eigenvalue weighted by Crippen LogP contribution is 2.28. The van der Waals surface area contributed by atoms with Crippen LogP contribution >= 0.6 is 23.2 Å². The SMILES string of the molecule is OCc1cc(F)cc(-c2cc(Cl)cc(Cl)c2)c1. The molecular formula is C13H9Cl2FO. The van der Waals surface area contributed by atoms with Gasteiger partial charge in [0.1, 0.15) is 5.82 Å². The smallest absolute Gasteiger partial charge is 0.124 e. The maximum atomic E-state index is 13.3. The zero-order chi connectivity index (χ0) is 12.4. The number of aliphatic hydroxyl groups excluding tert-OH is 1. The number of benzene rings is 2. The van der Waals surface area contributed by atoms with Crippen LogP contribution in [0.2, 0.25) is 10.0 Å². The quantitative estimate of drug-likeness (QED) is 0.863. The van der Waals surface area contributed by atoms with Gasteiger partial charge in [0.05, 0.1) is 6.61 Å². The molecule has 0 aliphatic heterocycles. The zero-order valence-corrected chi connectivity index (χ0v) is 10.3. The summed E-state index contributed by atoms with van der Waals surface area (Å²) in [4.78, 5) is 0. The molecule has 0 aliphatic carbocycles. The fourth-order valence-electron chi connectivity index (χ4n) is 1.63. The molecule has 1 N–H and O–H groups in total. The fourth-order valence-corrected chi connectivity index (χ4v) is 2.15. The minimum Gasteiger partial charge on any atom is -0.392 e. The number of hydrogen-bond donors (Lipinski definition) is 1. The van der Waals surface area contributed by atoms with E-state index in [2.05, 4.69) is 0 Å². The van der Waals surface area contributed by atoms with E-state index < -0.39 is 5.82 Å². The molecule has 0 fully saturated rings. The maximum Gasteiger partial charge on any atom is 0.124 e. The van der Waals surface area contributed by atoms with Crippen molar-refractivity contribution in [2.24, 2.45) is 0 Å². The molecule has 0 saturated heterocycles. The van der Waals surface area contributed by atoms with Gasteiger partial charge in [-0.25, -0.2) is 4.39 Å². The summed E-state index contributed by atoms with van der Waals surface area (Å²) in [5, 5.41) is 10.0. The average Bonchev–Trinajstić information content (AvgIpc) is 2.26. The van der Waals surface area contributed by atoms with Gasteiger partial charge in [0.25, 0.3) is 0 Å². The molecule has 0 amide bonds. The molecule has 1 nitrogen and oxygen atoms in total. The Morgan fingerprint density at radius 2 is 1.47 bits per heavy atom. The lowest BCUT2D eigenvalue weighted by atomic mass is 10.0. The van der Waals surface area contributed by atoms with Crippen molar-refractivity contribution in [1.82, 2.24) is 0 Å². The molecule has 0 heterocycles. The van der Waals surface area contributed by atoms with Crippen molar-refractivity contribution in [2.75, 3.05) is 0 Å². The lowest BCUT2D eigenvalue weighted by Gasteiger charge is -2.06. The molecule has 0 radical (unpaired) electrons. The summed E-state index contributed by atoms with van der Waals surface area (Å²) in [5.41, 5.74) is 1.87. The fraction of sp³-hybridized carbons (Fsp3) is 0.0769. The third-order valence-corrected chi connectivity index (χ3v) is 2.77. The summed E-state index contributed by atoms with van der Waals surface area (Å²) < 4.78 is 13.3. The van der Waals surface area contributed by atoms with Crippen LogP contribution in [0.15, 0.2) is 36.4 Å². The Labute approximate surface area is 108 Å². The summed E-state index contributed by atoms with van der Waals surface area (Å²) in [5.74, 6) is -0.400. The molecule has 17 heavy (non-hydrogen) atoms. The summed E-state index contributed by atoms with van der Waals surface area (Å²) in [6, 6.07) is 9.37. The molecule has 0 aromatic heterocycles.